The molecule has 2 heterocycles. The van der Waals surface area contributed by atoms with Gasteiger partial charge in [0, 0.05) is 22.5 Å². The molecule has 1 aliphatic rings. The van der Waals surface area contributed by atoms with Gasteiger partial charge in [0.1, 0.15) is 12.1 Å². The predicted molar refractivity (Wildman–Crippen MR) is 97.7 cm³/mol. The van der Waals surface area contributed by atoms with Crippen molar-refractivity contribution in [2.75, 3.05) is 5.73 Å². The number of nitrogens with one attached hydrogen (secondary N) is 1. The molecule has 0 atom stereocenters. The van der Waals surface area contributed by atoms with E-state index in [0.717, 1.165) is 34.2 Å². The number of nitrogens with two attached hydrogens (primary N) is 1. The van der Waals surface area contributed by atoms with E-state index in [1.54, 1.807) is 0 Å². The number of nitrogens with zero attached hydrogens (tertiary/aromatic N) is 2. The van der Waals surface area contributed by atoms with Gasteiger partial charge >= 0.3 is 0 Å². The zero-order chi connectivity index (χ0) is 16.5. The van der Waals surface area contributed by atoms with Crippen molar-refractivity contribution in [1.82, 2.24) is 15.3 Å². The third-order valence-electron chi connectivity index (χ3n) is 3.95. The second-order valence-electron chi connectivity index (χ2n) is 5.83. The number of hydrogen-bond donors (Lipinski definition) is 2. The molecular weight excluding hydrogens is 320 g/mol. The van der Waals surface area contributed by atoms with Gasteiger partial charge in [-0.3, -0.25) is 4.79 Å². The number of nitrogen functional groups attached to an aromatic ring is 1. The van der Waals surface area contributed by atoms with Crippen molar-refractivity contribution in [3.8, 4) is 0 Å². The van der Waals surface area contributed by atoms with Crippen molar-refractivity contribution in [3.63, 3.8) is 0 Å². The topological polar surface area (TPSA) is 80.9 Å². The highest BCUT2D eigenvalue weighted by Gasteiger charge is 2.23. The third kappa shape index (κ3) is 3.00. The van der Waals surface area contributed by atoms with Gasteiger partial charge < -0.3 is 11.1 Å². The summed E-state index contributed by atoms with van der Waals surface area (Å²) in [7, 11) is 0. The van der Waals surface area contributed by atoms with E-state index in [-0.39, 0.29) is 5.91 Å². The Kier molecular flexibility index (Phi) is 3.74. The molecule has 0 unspecified atom stereocenters. The van der Waals surface area contributed by atoms with Crippen LogP contribution in [-0.2, 0) is 0 Å². The Labute approximate surface area is 143 Å². The molecular formula is C18H16N4OS. The Hall–Kier alpha value is -2.73. The Morgan fingerprint density at radius 1 is 1.21 bits per heavy atom. The fraction of sp³-hybridized carbons (Fsp3) is 0.167. The molecule has 2 aromatic heterocycles. The maximum absolute atomic E-state index is 12.0. The average molecular weight is 336 g/mol. The van der Waals surface area contributed by atoms with Gasteiger partial charge in [0.2, 0.25) is 0 Å². The number of benzene rings is 1. The lowest BCUT2D eigenvalue weighted by Crippen LogP contribution is -2.25. The molecule has 1 aliphatic carbocycles. The molecule has 0 bridgehead atoms. The average Bonchev–Trinajstić information content (AvgIpc) is 3.31. The summed E-state index contributed by atoms with van der Waals surface area (Å²) < 4.78 is 0.907. The standard InChI is InChI=1S/C18H16N4OS/c19-17-16-15(20-10-21-17)13(9-24-16)6-3-11-1-4-12(5-2-11)18(23)22-14-7-8-14/h1-6,9-10,14H,7-8H2,(H,22,23)(H2,19,20,21). The van der Waals surface area contributed by atoms with Crippen molar-refractivity contribution < 1.29 is 4.79 Å². The SMILES string of the molecule is Nc1ncnc2c(C=Cc3ccc(C(=O)NC4CC4)cc3)csc12. The summed E-state index contributed by atoms with van der Waals surface area (Å²) in [5.41, 5.74) is 9.46. The van der Waals surface area contributed by atoms with Gasteiger partial charge in [0.25, 0.3) is 5.91 Å². The van der Waals surface area contributed by atoms with Crippen molar-refractivity contribution in [1.29, 1.82) is 0 Å². The zero-order valence-corrected chi connectivity index (χ0v) is 13.7. The van der Waals surface area contributed by atoms with Gasteiger partial charge in [0.05, 0.1) is 10.2 Å². The van der Waals surface area contributed by atoms with Crippen LogP contribution in [0.4, 0.5) is 5.82 Å². The van der Waals surface area contributed by atoms with Crippen molar-refractivity contribution in [2.24, 2.45) is 0 Å². The summed E-state index contributed by atoms with van der Waals surface area (Å²) in [5.74, 6) is 0.514. The number of hydrogen-bond acceptors (Lipinski definition) is 5. The maximum Gasteiger partial charge on any atom is 0.251 e. The second kappa shape index (κ2) is 6.05. The van der Waals surface area contributed by atoms with Gasteiger partial charge in [-0.25, -0.2) is 9.97 Å². The number of fused-ring (bicyclic) bond motifs is 1. The van der Waals surface area contributed by atoms with Crippen LogP contribution < -0.4 is 11.1 Å². The lowest BCUT2D eigenvalue weighted by Gasteiger charge is -2.03. The van der Waals surface area contributed by atoms with E-state index in [2.05, 4.69) is 15.3 Å². The van der Waals surface area contributed by atoms with Crippen LogP contribution in [0.3, 0.4) is 0 Å². The number of aromatic nitrogens is 2. The third-order valence-corrected chi connectivity index (χ3v) is 4.96. The highest BCUT2D eigenvalue weighted by atomic mass is 32.1. The molecule has 5 nitrogen and oxygen atoms in total. The molecule has 3 aromatic rings. The molecule has 1 saturated carbocycles. The number of amides is 1. The Morgan fingerprint density at radius 3 is 2.75 bits per heavy atom. The van der Waals surface area contributed by atoms with Crippen molar-refractivity contribution in [3.05, 3.63) is 52.7 Å². The fourth-order valence-electron chi connectivity index (χ4n) is 2.43. The molecule has 1 fully saturated rings. The van der Waals surface area contributed by atoms with Crippen LogP contribution in [0.1, 0.15) is 34.3 Å². The summed E-state index contributed by atoms with van der Waals surface area (Å²) in [6.07, 6.45) is 7.67. The van der Waals surface area contributed by atoms with Gasteiger partial charge in [-0.2, -0.15) is 0 Å². The lowest BCUT2D eigenvalue weighted by molar-refractivity contribution is 0.0951. The van der Waals surface area contributed by atoms with E-state index >= 15 is 0 Å². The first-order valence-electron chi connectivity index (χ1n) is 7.77. The van der Waals surface area contributed by atoms with Crippen LogP contribution in [0.2, 0.25) is 0 Å². The number of thiophene rings is 1. The maximum atomic E-state index is 12.0. The van der Waals surface area contributed by atoms with E-state index in [1.165, 1.54) is 17.7 Å². The monoisotopic (exact) mass is 336 g/mol. The molecule has 1 aromatic carbocycles. The second-order valence-corrected chi connectivity index (χ2v) is 6.71. The summed E-state index contributed by atoms with van der Waals surface area (Å²) in [4.78, 5) is 20.3. The van der Waals surface area contributed by atoms with E-state index in [1.807, 2.05) is 41.8 Å². The van der Waals surface area contributed by atoms with Crippen LogP contribution >= 0.6 is 11.3 Å². The Bertz CT molecular complexity index is 926. The molecule has 0 spiro atoms. The molecule has 0 aliphatic heterocycles. The molecule has 1 amide bonds. The Morgan fingerprint density at radius 2 is 2.00 bits per heavy atom. The summed E-state index contributed by atoms with van der Waals surface area (Å²) in [6, 6.07) is 7.96. The van der Waals surface area contributed by atoms with Crippen LogP contribution in [0.5, 0.6) is 0 Å². The largest absolute Gasteiger partial charge is 0.382 e. The number of anilines is 1. The van der Waals surface area contributed by atoms with Gasteiger partial charge in [-0.1, -0.05) is 24.3 Å². The van der Waals surface area contributed by atoms with Crippen LogP contribution in [0.25, 0.3) is 22.4 Å². The van der Waals surface area contributed by atoms with Gasteiger partial charge in [-0.15, -0.1) is 11.3 Å². The number of rotatable bonds is 4. The summed E-state index contributed by atoms with van der Waals surface area (Å²) in [6.45, 7) is 0. The van der Waals surface area contributed by atoms with Crippen LogP contribution in [0, 0.1) is 0 Å². The Balaban J connectivity index is 1.52. The minimum Gasteiger partial charge on any atom is -0.382 e. The first kappa shape index (κ1) is 14.8. The highest BCUT2D eigenvalue weighted by molar-refractivity contribution is 7.18. The number of carbonyl (C=O) groups excluding carboxylic acids is 1. The molecule has 24 heavy (non-hydrogen) atoms. The molecule has 6 heteroatoms. The first-order chi connectivity index (χ1) is 11.7. The summed E-state index contributed by atoms with van der Waals surface area (Å²) in [5, 5.41) is 5.01. The van der Waals surface area contributed by atoms with Crippen molar-refractivity contribution in [2.45, 2.75) is 18.9 Å². The van der Waals surface area contributed by atoms with E-state index in [9.17, 15) is 4.79 Å². The molecule has 0 radical (unpaired) electrons. The first-order valence-corrected chi connectivity index (χ1v) is 8.65. The minimum absolute atomic E-state index is 0.00373. The lowest BCUT2D eigenvalue weighted by atomic mass is 10.1. The molecule has 120 valence electrons. The summed E-state index contributed by atoms with van der Waals surface area (Å²) >= 11 is 1.54. The van der Waals surface area contributed by atoms with E-state index in [4.69, 9.17) is 5.73 Å². The smallest absolute Gasteiger partial charge is 0.251 e. The zero-order valence-electron chi connectivity index (χ0n) is 12.9. The quantitative estimate of drug-likeness (QED) is 0.766. The van der Waals surface area contributed by atoms with Crippen LogP contribution in [0.15, 0.2) is 36.0 Å². The van der Waals surface area contributed by atoms with E-state index in [0.29, 0.717) is 17.4 Å². The van der Waals surface area contributed by atoms with E-state index < -0.39 is 0 Å². The minimum atomic E-state index is 0.00373. The number of carbonyl (C=O) groups is 1. The van der Waals surface area contributed by atoms with Crippen LogP contribution in [-0.4, -0.2) is 21.9 Å². The van der Waals surface area contributed by atoms with Gasteiger partial charge in [-0.05, 0) is 30.5 Å². The highest BCUT2D eigenvalue weighted by Crippen LogP contribution is 2.28. The predicted octanol–water partition coefficient (Wildman–Crippen LogP) is 3.34. The normalized spacial score (nSPS) is 14.3. The molecule has 4 rings (SSSR count). The van der Waals surface area contributed by atoms with Gasteiger partial charge in [0.15, 0.2) is 0 Å². The van der Waals surface area contributed by atoms with Crippen molar-refractivity contribution >= 4 is 45.4 Å². The fourth-order valence-corrected chi connectivity index (χ4v) is 3.32. The molecule has 0 saturated heterocycles. The molecule has 3 N–H and O–H groups in total.